The van der Waals surface area contributed by atoms with Crippen molar-refractivity contribution < 1.29 is 0 Å². The smallest absolute Gasteiger partial charge is 0.0619 e. The van der Waals surface area contributed by atoms with Gasteiger partial charge in [-0.25, -0.2) is 0 Å². The molecule has 0 fully saturated rings. The number of thiophene rings is 1. The molecule has 0 N–H and O–H groups in total. The molecule has 1 unspecified atom stereocenters. The first-order valence-electron chi connectivity index (χ1n) is 21.5. The molecule has 0 radical (unpaired) electrons. The molecule has 0 aliphatic rings. The van der Waals surface area contributed by atoms with E-state index < -0.39 is 0 Å². The molecule has 1 nitrogen and oxygen atoms in total. The third-order valence-electron chi connectivity index (χ3n) is 12.8. The molecule has 292 valence electrons. The number of benzene rings is 9. The summed E-state index contributed by atoms with van der Waals surface area (Å²) >= 11 is 1.92. The molecular formula is C59H45NS. The van der Waals surface area contributed by atoms with Crippen LogP contribution in [-0.4, -0.2) is 4.57 Å². The maximum Gasteiger partial charge on any atom is 0.0619 e. The summed E-state index contributed by atoms with van der Waals surface area (Å²) in [7, 11) is 0. The molecule has 0 bridgehead atoms. The minimum atomic E-state index is 0.332. The van der Waals surface area contributed by atoms with Crippen LogP contribution >= 0.6 is 11.3 Å². The SMILES string of the molecule is CCC(Cc1ccccc1-c1cc(-c2cccc3c4ccccc4n(-c4ccccc4)c23)ccc1C)c1cc(-c2cccc(-c3ccccc3)c2)c2sc3ccccc3c2c1. The predicted molar refractivity (Wildman–Crippen MR) is 263 cm³/mol. The molecule has 2 heterocycles. The molecule has 2 heteroatoms. The highest BCUT2D eigenvalue weighted by Gasteiger charge is 2.21. The molecule has 1 atom stereocenters. The highest BCUT2D eigenvalue weighted by atomic mass is 32.1. The highest BCUT2D eigenvalue weighted by molar-refractivity contribution is 7.26. The van der Waals surface area contributed by atoms with Gasteiger partial charge in [-0.15, -0.1) is 11.3 Å². The number of aromatic nitrogens is 1. The lowest BCUT2D eigenvalue weighted by Gasteiger charge is -2.21. The largest absolute Gasteiger partial charge is 0.309 e. The summed E-state index contributed by atoms with van der Waals surface area (Å²) in [6.07, 6.45) is 1.99. The van der Waals surface area contributed by atoms with Crippen molar-refractivity contribution in [1.29, 1.82) is 0 Å². The van der Waals surface area contributed by atoms with Crippen molar-refractivity contribution >= 4 is 53.3 Å². The third-order valence-corrected chi connectivity index (χ3v) is 14.0. The van der Waals surface area contributed by atoms with Crippen LogP contribution in [0.2, 0.25) is 0 Å². The van der Waals surface area contributed by atoms with E-state index in [1.54, 1.807) is 0 Å². The maximum atomic E-state index is 2.51. The van der Waals surface area contributed by atoms with Crippen molar-refractivity contribution in [3.63, 3.8) is 0 Å². The molecule has 11 rings (SSSR count). The van der Waals surface area contributed by atoms with Gasteiger partial charge in [-0.05, 0) is 130 Å². The standard InChI is InChI=1S/C59H45NS/c1-3-40(46-37-54(59-55(38-46)51-27-13-15-31-57(51)61-59)44-22-16-21-42(35-44)41-18-6-4-7-19-41)34-43-20-10-11-25-48(43)53-36-45(33-32-39(53)2)49-28-17-29-52-50-26-12-14-30-56(50)60(58(49)52)47-23-8-5-9-24-47/h4-33,35-38,40H,3,34H2,1-2H3. The average molecular weight is 800 g/mol. The molecule has 61 heavy (non-hydrogen) atoms. The number of hydrogen-bond donors (Lipinski definition) is 0. The average Bonchev–Trinajstić information content (AvgIpc) is 3.87. The Balaban J connectivity index is 1.02. The van der Waals surface area contributed by atoms with Crippen LogP contribution in [0.3, 0.4) is 0 Å². The fraction of sp³-hybridized carbons (Fsp3) is 0.0847. The summed E-state index contributed by atoms with van der Waals surface area (Å²) < 4.78 is 5.14. The van der Waals surface area contributed by atoms with Gasteiger partial charge >= 0.3 is 0 Å². The number of aryl methyl sites for hydroxylation is 1. The van der Waals surface area contributed by atoms with E-state index in [1.807, 2.05) is 11.3 Å². The Bertz CT molecular complexity index is 3390. The van der Waals surface area contributed by atoms with Crippen molar-refractivity contribution in [2.24, 2.45) is 0 Å². The van der Waals surface area contributed by atoms with Crippen molar-refractivity contribution in [2.45, 2.75) is 32.6 Å². The summed E-state index contributed by atoms with van der Waals surface area (Å²) in [6.45, 7) is 4.62. The molecule has 0 saturated carbocycles. The molecule has 0 saturated heterocycles. The van der Waals surface area contributed by atoms with Crippen LogP contribution in [0.25, 0.3) is 92.2 Å². The van der Waals surface area contributed by atoms with E-state index in [1.165, 1.54) is 109 Å². The molecule has 11 aromatic rings. The molecule has 0 spiro atoms. The minimum absolute atomic E-state index is 0.332. The monoisotopic (exact) mass is 799 g/mol. The first kappa shape index (κ1) is 37.0. The molecule has 0 aliphatic heterocycles. The molecule has 9 aromatic carbocycles. The van der Waals surface area contributed by atoms with Crippen molar-refractivity contribution in [2.75, 3.05) is 0 Å². The number of fused-ring (bicyclic) bond motifs is 6. The Kier molecular flexibility index (Phi) is 9.44. The highest BCUT2D eigenvalue weighted by Crippen LogP contribution is 2.45. The fourth-order valence-corrected chi connectivity index (χ4v) is 10.9. The Morgan fingerprint density at radius 3 is 1.97 bits per heavy atom. The van der Waals surface area contributed by atoms with Crippen molar-refractivity contribution in [1.82, 2.24) is 4.57 Å². The van der Waals surface area contributed by atoms with E-state index in [4.69, 9.17) is 0 Å². The first-order valence-corrected chi connectivity index (χ1v) is 22.3. The maximum absolute atomic E-state index is 2.51. The van der Waals surface area contributed by atoms with Crippen LogP contribution < -0.4 is 0 Å². The summed E-state index contributed by atoms with van der Waals surface area (Å²) in [4.78, 5) is 0. The van der Waals surface area contributed by atoms with Crippen LogP contribution in [0.5, 0.6) is 0 Å². The first-order chi connectivity index (χ1) is 30.1. The number of hydrogen-bond acceptors (Lipinski definition) is 1. The van der Waals surface area contributed by atoms with Gasteiger partial charge in [0.1, 0.15) is 0 Å². The fourth-order valence-electron chi connectivity index (χ4n) is 9.70. The zero-order valence-electron chi connectivity index (χ0n) is 34.5. The second-order valence-electron chi connectivity index (χ2n) is 16.4. The molecule has 2 aromatic heterocycles. The second-order valence-corrected chi connectivity index (χ2v) is 17.4. The van der Waals surface area contributed by atoms with E-state index in [0.717, 1.165) is 12.8 Å². The van der Waals surface area contributed by atoms with Gasteiger partial charge in [0.25, 0.3) is 0 Å². The number of para-hydroxylation sites is 3. The van der Waals surface area contributed by atoms with Gasteiger partial charge in [-0.2, -0.15) is 0 Å². The zero-order valence-corrected chi connectivity index (χ0v) is 35.3. The van der Waals surface area contributed by atoms with Gasteiger partial charge < -0.3 is 4.57 Å². The van der Waals surface area contributed by atoms with E-state index in [-0.39, 0.29) is 0 Å². The minimum Gasteiger partial charge on any atom is -0.309 e. The van der Waals surface area contributed by atoms with Gasteiger partial charge in [0, 0.05) is 42.2 Å². The topological polar surface area (TPSA) is 4.93 Å². The number of nitrogens with zero attached hydrogens (tertiary/aromatic N) is 1. The van der Waals surface area contributed by atoms with Gasteiger partial charge in [0.2, 0.25) is 0 Å². The van der Waals surface area contributed by atoms with Crippen LogP contribution in [-0.2, 0) is 6.42 Å². The van der Waals surface area contributed by atoms with Crippen LogP contribution in [0.15, 0.2) is 206 Å². The van der Waals surface area contributed by atoms with Crippen LogP contribution in [0, 0.1) is 6.92 Å². The summed E-state index contributed by atoms with van der Waals surface area (Å²) in [5.74, 6) is 0.332. The summed E-state index contributed by atoms with van der Waals surface area (Å²) in [5.41, 5.74) is 17.9. The molecular weight excluding hydrogens is 755 g/mol. The number of rotatable bonds is 9. The van der Waals surface area contributed by atoms with Crippen LogP contribution in [0.1, 0.15) is 36.0 Å². The van der Waals surface area contributed by atoms with Crippen molar-refractivity contribution in [3.8, 4) is 50.2 Å². The lowest BCUT2D eigenvalue weighted by atomic mass is 9.84. The van der Waals surface area contributed by atoms with Gasteiger partial charge in [-0.1, -0.05) is 165 Å². The van der Waals surface area contributed by atoms with Crippen LogP contribution in [0.4, 0.5) is 0 Å². The van der Waals surface area contributed by atoms with E-state index in [0.29, 0.717) is 5.92 Å². The Hall–Kier alpha value is -7.00. The summed E-state index contributed by atoms with van der Waals surface area (Å²) in [5, 5.41) is 5.24. The zero-order chi connectivity index (χ0) is 40.9. The van der Waals surface area contributed by atoms with E-state index in [9.17, 15) is 0 Å². The predicted octanol–water partition coefficient (Wildman–Crippen LogP) is 16.9. The van der Waals surface area contributed by atoms with E-state index in [2.05, 4.69) is 225 Å². The van der Waals surface area contributed by atoms with Gasteiger partial charge in [0.05, 0.1) is 11.0 Å². The quantitative estimate of drug-likeness (QED) is 0.137. The van der Waals surface area contributed by atoms with E-state index >= 15 is 0 Å². The Morgan fingerprint density at radius 2 is 1.11 bits per heavy atom. The third kappa shape index (κ3) is 6.56. The lowest BCUT2D eigenvalue weighted by molar-refractivity contribution is 0.662. The Morgan fingerprint density at radius 1 is 0.459 bits per heavy atom. The Labute approximate surface area is 361 Å². The molecule has 0 amide bonds. The normalized spacial score (nSPS) is 12.2. The molecule has 0 aliphatic carbocycles. The lowest BCUT2D eigenvalue weighted by Crippen LogP contribution is -2.04. The van der Waals surface area contributed by atoms with Gasteiger partial charge in [-0.3, -0.25) is 0 Å². The van der Waals surface area contributed by atoms with Gasteiger partial charge in [0.15, 0.2) is 0 Å². The van der Waals surface area contributed by atoms with Crippen molar-refractivity contribution in [3.05, 3.63) is 223 Å². The second kappa shape index (κ2) is 15.6. The summed E-state index contributed by atoms with van der Waals surface area (Å²) in [6, 6.07) is 76.4.